The van der Waals surface area contributed by atoms with E-state index < -0.39 is 0 Å². The van der Waals surface area contributed by atoms with E-state index in [4.69, 9.17) is 11.2 Å². The molecule has 2 nitrogen and oxygen atoms in total. The van der Waals surface area contributed by atoms with E-state index in [0.717, 1.165) is 16.0 Å². The van der Waals surface area contributed by atoms with Gasteiger partial charge in [0.15, 0.2) is 5.01 Å². The Morgan fingerprint density at radius 1 is 1.57 bits per heavy atom. The molecule has 0 aliphatic rings. The molecule has 0 fully saturated rings. The van der Waals surface area contributed by atoms with E-state index in [2.05, 4.69) is 10.9 Å². The molecule has 3 heteroatoms. The molecule has 0 unspecified atom stereocenters. The van der Waals surface area contributed by atoms with Gasteiger partial charge in [0.05, 0.1) is 11.3 Å². The highest BCUT2D eigenvalue weighted by Crippen LogP contribution is 2.29. The van der Waals surface area contributed by atoms with Gasteiger partial charge in [0.2, 0.25) is 0 Å². The Labute approximate surface area is 86.5 Å². The van der Waals surface area contributed by atoms with Crippen molar-refractivity contribution >= 4 is 21.6 Å². The Kier molecular flexibility index (Phi) is 2.38. The number of rotatable bonds is 2. The summed E-state index contributed by atoms with van der Waals surface area (Å²) in [5.74, 6) is 3.35. The Balaban J connectivity index is 2.62. The van der Waals surface area contributed by atoms with Crippen molar-refractivity contribution in [3.8, 4) is 18.1 Å². The van der Waals surface area contributed by atoms with Crippen LogP contribution in [-0.2, 0) is 0 Å². The van der Waals surface area contributed by atoms with Crippen LogP contribution in [0.1, 0.15) is 11.9 Å². The lowest BCUT2D eigenvalue weighted by Crippen LogP contribution is -1.91. The Hall–Kier alpha value is -1.53. The number of aromatic nitrogens is 1. The number of hydrogen-bond acceptors (Lipinski definition) is 3. The van der Waals surface area contributed by atoms with Crippen LogP contribution in [0.25, 0.3) is 10.2 Å². The maximum Gasteiger partial charge on any atom is 0.167 e. The molecule has 70 valence electrons. The summed E-state index contributed by atoms with van der Waals surface area (Å²) >= 11 is 1.51. The predicted molar refractivity (Wildman–Crippen MR) is 58.7 cm³/mol. The summed E-state index contributed by atoms with van der Waals surface area (Å²) in [4.78, 5) is 4.31. The van der Waals surface area contributed by atoms with Crippen LogP contribution in [0.3, 0.4) is 0 Å². The maximum absolute atomic E-state index is 5.45. The predicted octanol–water partition coefficient (Wildman–Crippen LogP) is 2.68. The van der Waals surface area contributed by atoms with Crippen LogP contribution in [0.5, 0.6) is 5.75 Å². The van der Waals surface area contributed by atoms with Gasteiger partial charge in [-0.3, -0.25) is 0 Å². The molecule has 0 bridgehead atoms. The molecule has 0 saturated heterocycles. The third kappa shape index (κ3) is 1.45. The van der Waals surface area contributed by atoms with Crippen molar-refractivity contribution in [1.29, 1.82) is 0 Å². The quantitative estimate of drug-likeness (QED) is 0.700. The van der Waals surface area contributed by atoms with Gasteiger partial charge in [-0.15, -0.1) is 17.8 Å². The summed E-state index contributed by atoms with van der Waals surface area (Å²) in [7, 11) is 0. The molecule has 0 amide bonds. The van der Waals surface area contributed by atoms with Crippen molar-refractivity contribution in [2.75, 3.05) is 6.61 Å². The molecule has 0 N–H and O–H groups in total. The van der Waals surface area contributed by atoms with E-state index in [-0.39, 0.29) is 0 Å². The van der Waals surface area contributed by atoms with E-state index >= 15 is 0 Å². The summed E-state index contributed by atoms with van der Waals surface area (Å²) in [5, 5.41) is 0.701. The van der Waals surface area contributed by atoms with E-state index in [1.165, 1.54) is 11.3 Å². The van der Waals surface area contributed by atoms with Crippen LogP contribution < -0.4 is 4.74 Å². The van der Waals surface area contributed by atoms with Crippen molar-refractivity contribution in [2.24, 2.45) is 0 Å². The van der Waals surface area contributed by atoms with Crippen molar-refractivity contribution in [2.45, 2.75) is 6.92 Å². The molecule has 0 aliphatic heterocycles. The van der Waals surface area contributed by atoms with Gasteiger partial charge in [-0.05, 0) is 25.0 Å². The van der Waals surface area contributed by atoms with E-state index in [0.29, 0.717) is 11.6 Å². The second-order valence-corrected chi connectivity index (χ2v) is 3.73. The van der Waals surface area contributed by atoms with E-state index in [9.17, 15) is 0 Å². The standard InChI is InChI=1S/C11H9NOS/c1-3-10-12-11-8(13-4-2)6-5-7-9(11)14-10/h1,5-7H,4H2,2H3. The number of fused-ring (bicyclic) bond motifs is 1. The molecule has 0 atom stereocenters. The van der Waals surface area contributed by atoms with Crippen molar-refractivity contribution in [1.82, 2.24) is 4.98 Å². The first-order valence-corrected chi connectivity index (χ1v) is 5.15. The minimum absolute atomic E-state index is 0.641. The maximum atomic E-state index is 5.45. The zero-order valence-electron chi connectivity index (χ0n) is 7.78. The first-order valence-electron chi connectivity index (χ1n) is 4.34. The Morgan fingerprint density at radius 3 is 3.14 bits per heavy atom. The molecule has 0 aliphatic carbocycles. The van der Waals surface area contributed by atoms with Gasteiger partial charge in [0.25, 0.3) is 0 Å². The topological polar surface area (TPSA) is 22.1 Å². The molecule has 14 heavy (non-hydrogen) atoms. The van der Waals surface area contributed by atoms with E-state index in [1.54, 1.807) is 0 Å². The average Bonchev–Trinajstić information content (AvgIpc) is 2.62. The summed E-state index contributed by atoms with van der Waals surface area (Å²) in [6.07, 6.45) is 5.29. The number of para-hydroxylation sites is 1. The van der Waals surface area contributed by atoms with Gasteiger partial charge in [-0.1, -0.05) is 6.07 Å². The lowest BCUT2D eigenvalue weighted by molar-refractivity contribution is 0.344. The highest BCUT2D eigenvalue weighted by atomic mass is 32.1. The molecule has 0 spiro atoms. The lowest BCUT2D eigenvalue weighted by Gasteiger charge is -2.01. The van der Waals surface area contributed by atoms with Gasteiger partial charge in [0.1, 0.15) is 11.3 Å². The monoisotopic (exact) mass is 203 g/mol. The van der Waals surface area contributed by atoms with Crippen molar-refractivity contribution in [3.05, 3.63) is 23.2 Å². The summed E-state index contributed by atoms with van der Waals surface area (Å²) in [5.41, 5.74) is 0.868. The van der Waals surface area contributed by atoms with Crippen LogP contribution >= 0.6 is 11.3 Å². The molecule has 1 heterocycles. The number of hydrogen-bond donors (Lipinski definition) is 0. The summed E-state index contributed by atoms with van der Waals surface area (Å²) in [6.45, 7) is 2.59. The second-order valence-electron chi connectivity index (χ2n) is 2.70. The molecule has 1 aromatic carbocycles. The fraction of sp³-hybridized carbons (Fsp3) is 0.182. The average molecular weight is 203 g/mol. The molecule has 0 saturated carbocycles. The lowest BCUT2D eigenvalue weighted by atomic mass is 10.3. The van der Waals surface area contributed by atoms with Gasteiger partial charge in [0, 0.05) is 0 Å². The molecular formula is C11H9NOS. The zero-order valence-corrected chi connectivity index (χ0v) is 8.60. The molecule has 2 aromatic rings. The SMILES string of the molecule is C#Cc1nc2c(OCC)cccc2s1. The highest BCUT2D eigenvalue weighted by molar-refractivity contribution is 7.19. The molecular weight excluding hydrogens is 194 g/mol. The second kappa shape index (κ2) is 3.69. The minimum Gasteiger partial charge on any atom is -0.492 e. The smallest absolute Gasteiger partial charge is 0.167 e. The normalized spacial score (nSPS) is 10.0. The fourth-order valence-corrected chi connectivity index (χ4v) is 2.05. The molecule has 0 radical (unpaired) electrons. The molecule has 2 rings (SSSR count). The van der Waals surface area contributed by atoms with Crippen LogP contribution in [0.2, 0.25) is 0 Å². The largest absolute Gasteiger partial charge is 0.492 e. The third-order valence-electron chi connectivity index (χ3n) is 1.81. The van der Waals surface area contributed by atoms with Crippen LogP contribution in [0.15, 0.2) is 18.2 Å². The number of nitrogens with zero attached hydrogens (tertiary/aromatic N) is 1. The van der Waals surface area contributed by atoms with Crippen LogP contribution in [0, 0.1) is 12.3 Å². The molecule has 1 aromatic heterocycles. The number of thiazole rings is 1. The van der Waals surface area contributed by atoms with Crippen LogP contribution in [-0.4, -0.2) is 11.6 Å². The van der Waals surface area contributed by atoms with Crippen molar-refractivity contribution in [3.63, 3.8) is 0 Å². The van der Waals surface area contributed by atoms with Gasteiger partial charge in [-0.2, -0.15) is 0 Å². The summed E-state index contributed by atoms with van der Waals surface area (Å²) < 4.78 is 6.53. The Morgan fingerprint density at radius 2 is 2.43 bits per heavy atom. The van der Waals surface area contributed by atoms with Gasteiger partial charge in [-0.25, -0.2) is 4.98 Å². The van der Waals surface area contributed by atoms with Gasteiger partial charge < -0.3 is 4.74 Å². The van der Waals surface area contributed by atoms with Crippen molar-refractivity contribution < 1.29 is 4.74 Å². The van der Waals surface area contributed by atoms with E-state index in [1.807, 2.05) is 25.1 Å². The highest BCUT2D eigenvalue weighted by Gasteiger charge is 2.06. The summed E-state index contributed by atoms with van der Waals surface area (Å²) in [6, 6.07) is 5.86. The zero-order chi connectivity index (χ0) is 9.97. The minimum atomic E-state index is 0.641. The first kappa shape index (κ1) is 9.04. The number of benzene rings is 1. The van der Waals surface area contributed by atoms with Crippen LogP contribution in [0.4, 0.5) is 0 Å². The number of terminal acetylenes is 1. The Bertz CT molecular complexity index is 495. The third-order valence-corrected chi connectivity index (χ3v) is 2.76. The van der Waals surface area contributed by atoms with Gasteiger partial charge >= 0.3 is 0 Å². The first-order chi connectivity index (χ1) is 6.85. The fourth-order valence-electron chi connectivity index (χ4n) is 1.26. The number of ether oxygens (including phenoxy) is 1.